The Morgan fingerprint density at radius 3 is 2.78 bits per heavy atom. The summed E-state index contributed by atoms with van der Waals surface area (Å²) >= 11 is 6.22. The van der Waals surface area contributed by atoms with E-state index in [-0.39, 0.29) is 0 Å². The zero-order chi connectivity index (χ0) is 12.9. The molecule has 1 atom stereocenters. The van der Waals surface area contributed by atoms with Gasteiger partial charge in [0.1, 0.15) is 5.75 Å². The zero-order valence-electron chi connectivity index (χ0n) is 10.9. The van der Waals surface area contributed by atoms with Crippen molar-refractivity contribution in [3.05, 3.63) is 22.7 Å². The number of fused-ring (bicyclic) bond motifs is 1. The molecule has 2 aliphatic rings. The maximum atomic E-state index is 6.22. The number of nitrogens with two attached hydrogens (primary N) is 1. The lowest BCUT2D eigenvalue weighted by atomic mass is 9.78. The number of nitrogens with zero attached hydrogens (tertiary/aromatic N) is 1. The topological polar surface area (TPSA) is 38.5 Å². The predicted octanol–water partition coefficient (Wildman–Crippen LogP) is 2.62. The van der Waals surface area contributed by atoms with E-state index in [0.717, 1.165) is 12.3 Å². The highest BCUT2D eigenvalue weighted by Gasteiger charge is 2.53. The third kappa shape index (κ3) is 1.61. The van der Waals surface area contributed by atoms with Gasteiger partial charge in [0.05, 0.1) is 12.1 Å². The maximum absolute atomic E-state index is 6.22. The molecule has 0 bridgehead atoms. The summed E-state index contributed by atoms with van der Waals surface area (Å²) in [5, 5.41) is 0.672. The average Bonchev–Trinajstić information content (AvgIpc) is 3.10. The van der Waals surface area contributed by atoms with Gasteiger partial charge in [0.25, 0.3) is 0 Å². The van der Waals surface area contributed by atoms with Crippen molar-refractivity contribution in [1.29, 1.82) is 0 Å². The van der Waals surface area contributed by atoms with E-state index < -0.39 is 0 Å². The standard InChI is InChI=1S/C14H19ClN2O/c1-17-8-14(3-4-14)10(7-16)9-5-13(18-2)11(15)6-12(9)17/h5-6,10H,3-4,7-8,16H2,1-2H3. The monoisotopic (exact) mass is 266 g/mol. The molecule has 1 aliphatic carbocycles. The van der Waals surface area contributed by atoms with Gasteiger partial charge < -0.3 is 15.4 Å². The molecule has 1 heterocycles. The lowest BCUT2D eigenvalue weighted by molar-refractivity contribution is 0.384. The third-order valence-corrected chi connectivity index (χ3v) is 4.80. The van der Waals surface area contributed by atoms with Crippen LogP contribution in [0.15, 0.2) is 12.1 Å². The van der Waals surface area contributed by atoms with Gasteiger partial charge in [-0.1, -0.05) is 11.6 Å². The molecule has 0 saturated heterocycles. The second-order valence-electron chi connectivity index (χ2n) is 5.55. The van der Waals surface area contributed by atoms with Gasteiger partial charge in [0, 0.05) is 25.2 Å². The van der Waals surface area contributed by atoms with Crippen molar-refractivity contribution in [2.24, 2.45) is 11.1 Å². The Hall–Kier alpha value is -0.930. The van der Waals surface area contributed by atoms with Gasteiger partial charge in [-0.05, 0) is 42.5 Å². The van der Waals surface area contributed by atoms with Crippen molar-refractivity contribution in [1.82, 2.24) is 0 Å². The molecule has 0 radical (unpaired) electrons. The van der Waals surface area contributed by atoms with Crippen LogP contribution in [0, 0.1) is 5.41 Å². The molecule has 1 aliphatic heterocycles. The molecule has 3 rings (SSSR count). The summed E-state index contributed by atoms with van der Waals surface area (Å²) in [6, 6.07) is 4.08. The Bertz CT molecular complexity index is 485. The highest BCUT2D eigenvalue weighted by atomic mass is 35.5. The van der Waals surface area contributed by atoms with E-state index in [2.05, 4.69) is 18.0 Å². The van der Waals surface area contributed by atoms with Gasteiger partial charge in [0.15, 0.2) is 0 Å². The Morgan fingerprint density at radius 1 is 1.50 bits per heavy atom. The van der Waals surface area contributed by atoms with Crippen molar-refractivity contribution >= 4 is 17.3 Å². The highest BCUT2D eigenvalue weighted by Crippen LogP contribution is 2.60. The van der Waals surface area contributed by atoms with Crippen LogP contribution in [0.4, 0.5) is 5.69 Å². The summed E-state index contributed by atoms with van der Waals surface area (Å²) in [6.45, 7) is 1.79. The molecule has 0 aromatic heterocycles. The molecule has 1 aromatic rings. The lowest BCUT2D eigenvalue weighted by Gasteiger charge is -2.40. The van der Waals surface area contributed by atoms with Crippen LogP contribution in [-0.2, 0) is 0 Å². The van der Waals surface area contributed by atoms with Crippen molar-refractivity contribution in [2.75, 3.05) is 32.1 Å². The smallest absolute Gasteiger partial charge is 0.137 e. The van der Waals surface area contributed by atoms with Gasteiger partial charge >= 0.3 is 0 Å². The van der Waals surface area contributed by atoms with Gasteiger partial charge in [-0.25, -0.2) is 0 Å². The molecule has 3 nitrogen and oxygen atoms in total. The molecule has 2 N–H and O–H groups in total. The number of rotatable bonds is 2. The van der Waals surface area contributed by atoms with Crippen molar-refractivity contribution in [3.8, 4) is 5.75 Å². The Labute approximate surface area is 113 Å². The van der Waals surface area contributed by atoms with Crippen LogP contribution in [0.2, 0.25) is 5.02 Å². The van der Waals surface area contributed by atoms with Gasteiger partial charge in [-0.2, -0.15) is 0 Å². The van der Waals surface area contributed by atoms with Crippen LogP contribution in [-0.4, -0.2) is 27.2 Å². The van der Waals surface area contributed by atoms with Crippen molar-refractivity contribution in [3.63, 3.8) is 0 Å². The number of halogens is 1. The molecular formula is C14H19ClN2O. The third-order valence-electron chi connectivity index (χ3n) is 4.51. The zero-order valence-corrected chi connectivity index (χ0v) is 11.6. The Kier molecular flexibility index (Phi) is 2.72. The summed E-state index contributed by atoms with van der Waals surface area (Å²) in [6.07, 6.45) is 2.56. The van der Waals surface area contributed by atoms with Gasteiger partial charge in [-0.15, -0.1) is 0 Å². The fourth-order valence-corrected chi connectivity index (χ4v) is 3.60. The van der Waals surface area contributed by atoms with Gasteiger partial charge in [-0.3, -0.25) is 0 Å². The molecule has 98 valence electrons. The largest absolute Gasteiger partial charge is 0.495 e. The van der Waals surface area contributed by atoms with E-state index in [1.165, 1.54) is 24.1 Å². The minimum atomic E-state index is 0.398. The minimum Gasteiger partial charge on any atom is -0.495 e. The molecule has 4 heteroatoms. The number of hydrogen-bond acceptors (Lipinski definition) is 3. The number of ether oxygens (including phenoxy) is 1. The lowest BCUT2D eigenvalue weighted by Crippen LogP contribution is -2.39. The summed E-state index contributed by atoms with van der Waals surface area (Å²) in [5.41, 5.74) is 8.91. The number of anilines is 1. The number of methoxy groups -OCH3 is 1. The molecular weight excluding hydrogens is 248 g/mol. The molecule has 18 heavy (non-hydrogen) atoms. The first kappa shape index (κ1) is 12.1. The van der Waals surface area contributed by atoms with Crippen molar-refractivity contribution in [2.45, 2.75) is 18.8 Å². The van der Waals surface area contributed by atoms with Crippen LogP contribution in [0.5, 0.6) is 5.75 Å². The second kappa shape index (κ2) is 4.04. The van der Waals surface area contributed by atoms with Crippen molar-refractivity contribution < 1.29 is 4.74 Å². The second-order valence-corrected chi connectivity index (χ2v) is 5.96. The number of hydrogen-bond donors (Lipinski definition) is 1. The molecule has 1 spiro atoms. The SMILES string of the molecule is COc1cc2c(cc1Cl)N(C)CC1(CC1)C2CN. The minimum absolute atomic E-state index is 0.398. The van der Waals surface area contributed by atoms with E-state index >= 15 is 0 Å². The van der Waals surface area contributed by atoms with E-state index in [4.69, 9.17) is 22.1 Å². The van der Waals surface area contributed by atoms with Crippen LogP contribution >= 0.6 is 11.6 Å². The van der Waals surface area contributed by atoms with E-state index in [0.29, 0.717) is 22.9 Å². The van der Waals surface area contributed by atoms with Crippen LogP contribution < -0.4 is 15.4 Å². The first-order valence-corrected chi connectivity index (χ1v) is 6.78. The molecule has 1 aromatic carbocycles. The summed E-state index contributed by atoms with van der Waals surface area (Å²) in [4.78, 5) is 2.31. The van der Waals surface area contributed by atoms with Crippen LogP contribution in [0.25, 0.3) is 0 Å². The van der Waals surface area contributed by atoms with Gasteiger partial charge in [0.2, 0.25) is 0 Å². The number of benzene rings is 1. The summed E-state index contributed by atoms with van der Waals surface area (Å²) < 4.78 is 5.34. The average molecular weight is 267 g/mol. The van der Waals surface area contributed by atoms with Crippen LogP contribution in [0.3, 0.4) is 0 Å². The summed E-state index contributed by atoms with van der Waals surface area (Å²) in [7, 11) is 3.79. The molecule has 1 fully saturated rings. The normalized spacial score (nSPS) is 24.0. The first-order valence-electron chi connectivity index (χ1n) is 6.40. The fraction of sp³-hybridized carbons (Fsp3) is 0.571. The predicted molar refractivity (Wildman–Crippen MR) is 74.7 cm³/mol. The van der Waals surface area contributed by atoms with E-state index in [9.17, 15) is 0 Å². The summed E-state index contributed by atoms with van der Waals surface area (Å²) in [5.74, 6) is 1.19. The molecule has 1 unspecified atom stereocenters. The fourth-order valence-electron chi connectivity index (χ4n) is 3.37. The van der Waals surface area contributed by atoms with Crippen LogP contribution in [0.1, 0.15) is 24.3 Å². The first-order chi connectivity index (χ1) is 8.61. The van der Waals surface area contributed by atoms with E-state index in [1.807, 2.05) is 6.07 Å². The molecule has 1 saturated carbocycles. The Morgan fingerprint density at radius 2 is 2.22 bits per heavy atom. The molecule has 0 amide bonds. The maximum Gasteiger partial charge on any atom is 0.137 e. The Balaban J connectivity index is 2.13. The van der Waals surface area contributed by atoms with E-state index in [1.54, 1.807) is 7.11 Å². The highest BCUT2D eigenvalue weighted by molar-refractivity contribution is 6.32. The quantitative estimate of drug-likeness (QED) is 0.894.